The molecule has 0 N–H and O–H groups in total. The smallest absolute Gasteiger partial charge is 0.333 e. The zero-order valence-electron chi connectivity index (χ0n) is 18.1. The molecule has 0 aromatic carbocycles. The molecule has 0 aromatic heterocycles. The maximum absolute atomic E-state index is 11.1. The van der Waals surface area contributed by atoms with Crippen molar-refractivity contribution in [1.29, 1.82) is 0 Å². The van der Waals surface area contributed by atoms with E-state index in [2.05, 4.69) is 36.1 Å². The summed E-state index contributed by atoms with van der Waals surface area (Å²) in [4.78, 5) is 31.2. The number of unbranched alkanes of at least 4 members (excludes halogenated alkanes) is 4. The van der Waals surface area contributed by atoms with Gasteiger partial charge in [0.2, 0.25) is 0 Å². The third-order valence-electron chi connectivity index (χ3n) is 3.10. The van der Waals surface area contributed by atoms with Crippen LogP contribution in [0, 0.1) is 0 Å². The standard InChI is InChI=1S/C11H20O2.C7H12O2.C4H6O2/c1-4-6-7-8-9-13-11(12)10(3)5-2;1-3-5-6-9-7(8)4-2;1-3-6-4(2)5/h3-9H2,1-2H3;4H,2-3,5-6H2,1H3;3H,1H2,2H3. The van der Waals surface area contributed by atoms with Crippen molar-refractivity contribution in [3.63, 3.8) is 0 Å². The molecule has 0 radical (unpaired) electrons. The summed E-state index contributed by atoms with van der Waals surface area (Å²) < 4.78 is 13.8. The number of carbonyl (C=O) groups is 3. The fourth-order valence-electron chi connectivity index (χ4n) is 1.43. The number of esters is 3. The maximum Gasteiger partial charge on any atom is 0.333 e. The average Bonchev–Trinajstić information content (AvgIpc) is 2.67. The highest BCUT2D eigenvalue weighted by Gasteiger charge is 2.04. The van der Waals surface area contributed by atoms with Crippen LogP contribution in [0.1, 0.15) is 72.6 Å². The Morgan fingerprint density at radius 3 is 1.82 bits per heavy atom. The molecule has 0 spiro atoms. The molecule has 0 saturated heterocycles. The number of carbonyl (C=O) groups excluding carboxylic acids is 3. The van der Waals surface area contributed by atoms with Crippen molar-refractivity contribution in [2.45, 2.75) is 72.6 Å². The van der Waals surface area contributed by atoms with Gasteiger partial charge in [-0.15, -0.1) is 0 Å². The molecule has 0 heterocycles. The van der Waals surface area contributed by atoms with Crippen molar-refractivity contribution in [2.75, 3.05) is 13.2 Å². The second-order valence-corrected chi connectivity index (χ2v) is 5.65. The Hall–Kier alpha value is -2.37. The fourth-order valence-corrected chi connectivity index (χ4v) is 1.43. The minimum Gasteiger partial charge on any atom is -0.463 e. The third-order valence-corrected chi connectivity index (χ3v) is 3.10. The molecule has 0 bridgehead atoms. The molecular formula is C22H38O6. The van der Waals surface area contributed by atoms with E-state index >= 15 is 0 Å². The van der Waals surface area contributed by atoms with E-state index in [1.807, 2.05) is 13.8 Å². The number of hydrogen-bond donors (Lipinski definition) is 0. The summed E-state index contributed by atoms with van der Waals surface area (Å²) in [7, 11) is 0. The van der Waals surface area contributed by atoms with Gasteiger partial charge in [0.25, 0.3) is 0 Å². The average molecular weight is 399 g/mol. The van der Waals surface area contributed by atoms with Crippen molar-refractivity contribution >= 4 is 17.9 Å². The Balaban J connectivity index is -0.000000362. The minimum atomic E-state index is -0.330. The zero-order valence-corrected chi connectivity index (χ0v) is 18.1. The Morgan fingerprint density at radius 1 is 0.857 bits per heavy atom. The molecule has 0 aromatic rings. The summed E-state index contributed by atoms with van der Waals surface area (Å²) in [6, 6.07) is 0. The van der Waals surface area contributed by atoms with E-state index in [1.165, 1.54) is 25.8 Å². The van der Waals surface area contributed by atoms with Gasteiger partial charge in [0.15, 0.2) is 0 Å². The van der Waals surface area contributed by atoms with E-state index in [0.717, 1.165) is 31.9 Å². The summed E-state index contributed by atoms with van der Waals surface area (Å²) in [6.45, 7) is 18.5. The SMILES string of the molecule is C=C(CC)C(=O)OCCCCCC.C=CC(=O)OCCCC.C=COC(C)=O. The molecule has 0 saturated carbocycles. The maximum atomic E-state index is 11.1. The lowest BCUT2D eigenvalue weighted by molar-refractivity contribution is -0.139. The van der Waals surface area contributed by atoms with Crippen LogP contribution in [0.4, 0.5) is 0 Å². The molecule has 0 atom stereocenters. The lowest BCUT2D eigenvalue weighted by atomic mass is 10.2. The van der Waals surface area contributed by atoms with Gasteiger partial charge in [-0.2, -0.15) is 0 Å². The molecule has 6 heteroatoms. The van der Waals surface area contributed by atoms with Crippen LogP contribution in [-0.4, -0.2) is 31.1 Å². The highest BCUT2D eigenvalue weighted by Crippen LogP contribution is 2.03. The first kappa shape index (κ1) is 30.4. The second kappa shape index (κ2) is 24.6. The quantitative estimate of drug-likeness (QED) is 0.146. The van der Waals surface area contributed by atoms with Gasteiger partial charge in [0, 0.05) is 18.6 Å². The first-order chi connectivity index (χ1) is 13.3. The third kappa shape index (κ3) is 28.4. The fraction of sp³-hybridized carbons (Fsp3) is 0.591. The molecule has 0 unspecified atom stereocenters. The molecule has 6 nitrogen and oxygen atoms in total. The predicted molar refractivity (Wildman–Crippen MR) is 113 cm³/mol. The van der Waals surface area contributed by atoms with Crippen LogP contribution in [0.5, 0.6) is 0 Å². The largest absolute Gasteiger partial charge is 0.463 e. The summed E-state index contributed by atoms with van der Waals surface area (Å²) >= 11 is 0. The first-order valence-electron chi connectivity index (χ1n) is 9.72. The summed E-state index contributed by atoms with van der Waals surface area (Å²) in [5.41, 5.74) is 0.565. The van der Waals surface area contributed by atoms with Gasteiger partial charge in [-0.25, -0.2) is 9.59 Å². The second-order valence-electron chi connectivity index (χ2n) is 5.65. The van der Waals surface area contributed by atoms with Gasteiger partial charge in [0.05, 0.1) is 19.5 Å². The lowest BCUT2D eigenvalue weighted by Gasteiger charge is -2.04. The van der Waals surface area contributed by atoms with E-state index in [1.54, 1.807) is 0 Å². The minimum absolute atomic E-state index is 0.237. The van der Waals surface area contributed by atoms with Crippen LogP contribution in [0.25, 0.3) is 0 Å². The van der Waals surface area contributed by atoms with Crippen molar-refractivity contribution in [2.24, 2.45) is 0 Å². The van der Waals surface area contributed by atoms with Gasteiger partial charge in [-0.1, -0.05) is 66.2 Å². The monoisotopic (exact) mass is 398 g/mol. The molecule has 0 aliphatic heterocycles. The van der Waals surface area contributed by atoms with Gasteiger partial charge in [0.1, 0.15) is 0 Å². The van der Waals surface area contributed by atoms with E-state index in [4.69, 9.17) is 4.74 Å². The van der Waals surface area contributed by atoms with Gasteiger partial charge >= 0.3 is 17.9 Å². The first-order valence-corrected chi connectivity index (χ1v) is 9.72. The van der Waals surface area contributed by atoms with Crippen LogP contribution < -0.4 is 0 Å². The Morgan fingerprint density at radius 2 is 1.43 bits per heavy atom. The van der Waals surface area contributed by atoms with E-state index < -0.39 is 0 Å². The number of hydrogen-bond acceptors (Lipinski definition) is 6. The summed E-state index contributed by atoms with van der Waals surface area (Å²) in [5.74, 6) is -0.896. The molecule has 0 fully saturated rings. The van der Waals surface area contributed by atoms with Crippen molar-refractivity contribution in [3.8, 4) is 0 Å². The van der Waals surface area contributed by atoms with Crippen LogP contribution in [-0.2, 0) is 28.6 Å². The van der Waals surface area contributed by atoms with E-state index in [9.17, 15) is 14.4 Å². The zero-order chi connectivity index (χ0) is 22.2. The normalized spacial score (nSPS) is 8.71. The van der Waals surface area contributed by atoms with Crippen LogP contribution in [0.3, 0.4) is 0 Å². The summed E-state index contributed by atoms with van der Waals surface area (Å²) in [6.07, 6.45) is 9.45. The molecule has 0 amide bonds. The number of ether oxygens (including phenoxy) is 3. The van der Waals surface area contributed by atoms with Crippen LogP contribution >= 0.6 is 0 Å². The van der Waals surface area contributed by atoms with E-state index in [0.29, 0.717) is 25.2 Å². The van der Waals surface area contributed by atoms with Crippen LogP contribution in [0.2, 0.25) is 0 Å². The van der Waals surface area contributed by atoms with Gasteiger partial charge in [-0.3, -0.25) is 4.79 Å². The molecule has 0 rings (SSSR count). The number of rotatable bonds is 12. The van der Waals surface area contributed by atoms with Crippen LogP contribution in [0.15, 0.2) is 37.6 Å². The Bertz CT molecular complexity index is 454. The molecule has 162 valence electrons. The van der Waals surface area contributed by atoms with Crippen molar-refractivity contribution in [1.82, 2.24) is 0 Å². The Kier molecular flexibility index (Phi) is 26.7. The van der Waals surface area contributed by atoms with E-state index in [-0.39, 0.29) is 17.9 Å². The molecule has 0 aliphatic rings. The highest BCUT2D eigenvalue weighted by atomic mass is 16.5. The van der Waals surface area contributed by atoms with Crippen molar-refractivity contribution in [3.05, 3.63) is 37.6 Å². The molecular weight excluding hydrogens is 360 g/mol. The summed E-state index contributed by atoms with van der Waals surface area (Å²) in [5, 5.41) is 0. The topological polar surface area (TPSA) is 78.9 Å². The molecule has 28 heavy (non-hydrogen) atoms. The molecule has 0 aliphatic carbocycles. The van der Waals surface area contributed by atoms with Crippen molar-refractivity contribution < 1.29 is 28.6 Å². The highest BCUT2D eigenvalue weighted by molar-refractivity contribution is 5.87. The van der Waals surface area contributed by atoms with Gasteiger partial charge in [-0.05, 0) is 19.3 Å². The Labute approximate surface area is 170 Å². The predicted octanol–water partition coefficient (Wildman–Crippen LogP) is 5.28. The van der Waals surface area contributed by atoms with Gasteiger partial charge < -0.3 is 14.2 Å². The lowest BCUT2D eigenvalue weighted by Crippen LogP contribution is -2.07.